The molecule has 0 aromatic heterocycles. The number of aliphatic hydroxyl groups is 1. The molecule has 0 rings (SSSR count). The highest BCUT2D eigenvalue weighted by Crippen LogP contribution is 1.42. The summed E-state index contributed by atoms with van der Waals surface area (Å²) in [5.74, 6) is 0. The summed E-state index contributed by atoms with van der Waals surface area (Å²) in [6.45, 7) is 0.927. The molecule has 3 nitrogen and oxygen atoms in total. The predicted molar refractivity (Wildman–Crippen MR) is 26.0 cm³/mol. The first-order chi connectivity index (χ1) is 2.41. The van der Waals surface area contributed by atoms with E-state index in [-0.39, 0.29) is 12.8 Å². The minimum Gasteiger partial charge on any atom is -0.395 e. The average Bonchev–Trinajstić information content (AvgIpc) is 1.41. The van der Waals surface area contributed by atoms with E-state index < -0.39 is 0 Å². The van der Waals surface area contributed by atoms with Crippen LogP contribution in [-0.2, 0) is 0 Å². The van der Waals surface area contributed by atoms with Crippen LogP contribution in [0.15, 0.2) is 0 Å². The smallest absolute Gasteiger partial charge is 0.0555 e. The number of rotatable bonds is 2. The zero-order valence-corrected chi connectivity index (χ0v) is 4.07. The fraction of sp³-hybridized carbons (Fsp3) is 1.00. The highest BCUT2D eigenvalue weighted by Gasteiger charge is 1.65. The fourth-order valence-electron chi connectivity index (χ4n) is 0.112. The van der Waals surface area contributed by atoms with Crippen LogP contribution in [0, 0.1) is 0 Å². The van der Waals surface area contributed by atoms with Crippen LogP contribution in [0.3, 0.4) is 0 Å². The molecule has 0 radical (unpaired) electrons. The van der Waals surface area contributed by atoms with Crippen LogP contribution in [-0.4, -0.2) is 25.3 Å². The number of nitrogens with one attached hydrogen (secondary N) is 1. The quantitative estimate of drug-likeness (QED) is 0.424. The number of hydrogen-bond donors (Lipinski definition) is 3. The topological polar surface area (TPSA) is 67.3 Å². The van der Waals surface area contributed by atoms with Gasteiger partial charge in [0.2, 0.25) is 0 Å². The van der Waals surface area contributed by atoms with E-state index in [4.69, 9.17) is 5.11 Å². The maximum absolute atomic E-state index is 8.00. The number of hydrogen-bond acceptors (Lipinski definition) is 3. The van der Waals surface area contributed by atoms with E-state index in [0.29, 0.717) is 6.54 Å². The lowest BCUT2D eigenvalue weighted by Crippen LogP contribution is -2.10. The fourth-order valence-corrected chi connectivity index (χ4v) is 0.112. The summed E-state index contributed by atoms with van der Waals surface area (Å²) >= 11 is 0. The Morgan fingerprint density at radius 3 is 2.17 bits per heavy atom. The van der Waals surface area contributed by atoms with Gasteiger partial charge in [0.15, 0.2) is 0 Å². The Hall–Kier alpha value is -0.120. The molecule has 5 N–H and O–H groups in total. The third-order valence-electron chi connectivity index (χ3n) is 0.362. The molecule has 0 saturated heterocycles. The van der Waals surface area contributed by atoms with Gasteiger partial charge in [0.1, 0.15) is 0 Å². The lowest BCUT2D eigenvalue weighted by atomic mass is 10.7. The van der Waals surface area contributed by atoms with Crippen molar-refractivity contribution in [2.45, 2.75) is 0 Å². The van der Waals surface area contributed by atoms with Crippen LogP contribution in [0.4, 0.5) is 0 Å². The number of likely N-dealkylation sites (N-methyl/N-ethyl adjacent to an activating group) is 1. The van der Waals surface area contributed by atoms with Crippen LogP contribution < -0.4 is 11.5 Å². The molecule has 0 amide bonds. The van der Waals surface area contributed by atoms with Gasteiger partial charge in [0.05, 0.1) is 6.61 Å². The van der Waals surface area contributed by atoms with Crippen molar-refractivity contribution in [3.8, 4) is 0 Å². The predicted octanol–water partition coefficient (Wildman–Crippen LogP) is -0.640. The standard InChI is InChI=1S/C3H9NO.H3N/c1-4-2-3-5;/h4-5H,2-3H2,1H3;1H3. The maximum atomic E-state index is 8.00. The molecule has 0 spiro atoms. The van der Waals surface area contributed by atoms with Gasteiger partial charge < -0.3 is 16.6 Å². The first-order valence-electron chi connectivity index (χ1n) is 1.67. The molecule has 0 aromatic carbocycles. The first kappa shape index (κ1) is 9.30. The van der Waals surface area contributed by atoms with E-state index in [0.717, 1.165) is 0 Å². The average molecular weight is 92.1 g/mol. The summed E-state index contributed by atoms with van der Waals surface area (Å²) in [7, 11) is 1.80. The Morgan fingerprint density at radius 1 is 1.67 bits per heavy atom. The van der Waals surface area contributed by atoms with Gasteiger partial charge in [0, 0.05) is 6.54 Å². The van der Waals surface area contributed by atoms with Crippen LogP contribution in [0.1, 0.15) is 0 Å². The van der Waals surface area contributed by atoms with Crippen molar-refractivity contribution in [1.82, 2.24) is 11.5 Å². The zero-order valence-electron chi connectivity index (χ0n) is 4.07. The first-order valence-corrected chi connectivity index (χ1v) is 1.67. The Labute approximate surface area is 37.9 Å². The molecule has 6 heavy (non-hydrogen) atoms. The summed E-state index contributed by atoms with van der Waals surface area (Å²) < 4.78 is 0. The Balaban J connectivity index is 0. The van der Waals surface area contributed by atoms with Crippen molar-refractivity contribution in [1.29, 1.82) is 0 Å². The minimum absolute atomic E-state index is 0. The summed E-state index contributed by atoms with van der Waals surface area (Å²) in [5, 5.41) is 10.8. The van der Waals surface area contributed by atoms with Crippen LogP contribution in [0.25, 0.3) is 0 Å². The summed E-state index contributed by atoms with van der Waals surface area (Å²) in [5.41, 5.74) is 0. The van der Waals surface area contributed by atoms with Gasteiger partial charge in [-0.2, -0.15) is 0 Å². The molecule has 0 atom stereocenters. The Kier molecular flexibility index (Phi) is 13.7. The Bertz CT molecular complexity index is 16.3. The van der Waals surface area contributed by atoms with Gasteiger partial charge in [-0.05, 0) is 7.05 Å². The lowest BCUT2D eigenvalue weighted by molar-refractivity contribution is 0.296. The van der Waals surface area contributed by atoms with Crippen LogP contribution in [0.5, 0.6) is 0 Å². The summed E-state index contributed by atoms with van der Waals surface area (Å²) in [4.78, 5) is 0. The lowest BCUT2D eigenvalue weighted by Gasteiger charge is -1.84. The van der Waals surface area contributed by atoms with E-state index in [9.17, 15) is 0 Å². The number of aliphatic hydroxyl groups excluding tert-OH is 1. The second kappa shape index (κ2) is 8.86. The van der Waals surface area contributed by atoms with E-state index >= 15 is 0 Å². The van der Waals surface area contributed by atoms with Gasteiger partial charge in [-0.15, -0.1) is 0 Å². The van der Waals surface area contributed by atoms with Gasteiger partial charge in [-0.1, -0.05) is 0 Å². The van der Waals surface area contributed by atoms with Gasteiger partial charge in [0.25, 0.3) is 0 Å². The second-order valence-corrected chi connectivity index (χ2v) is 0.827. The van der Waals surface area contributed by atoms with Crippen molar-refractivity contribution < 1.29 is 5.11 Å². The van der Waals surface area contributed by atoms with Crippen molar-refractivity contribution >= 4 is 0 Å². The minimum atomic E-state index is 0. The largest absolute Gasteiger partial charge is 0.395 e. The monoisotopic (exact) mass is 92.1 g/mol. The molecular weight excluding hydrogens is 80.0 g/mol. The molecule has 0 aliphatic carbocycles. The van der Waals surface area contributed by atoms with Crippen molar-refractivity contribution in [3.63, 3.8) is 0 Å². The zero-order chi connectivity index (χ0) is 4.12. The van der Waals surface area contributed by atoms with Gasteiger partial charge in [-0.25, -0.2) is 0 Å². The molecule has 0 unspecified atom stereocenters. The molecule has 0 fully saturated rings. The van der Waals surface area contributed by atoms with Crippen molar-refractivity contribution in [2.75, 3.05) is 20.2 Å². The van der Waals surface area contributed by atoms with E-state index in [2.05, 4.69) is 5.32 Å². The van der Waals surface area contributed by atoms with Crippen molar-refractivity contribution in [3.05, 3.63) is 0 Å². The van der Waals surface area contributed by atoms with E-state index in [1.54, 1.807) is 7.05 Å². The molecule has 0 aliphatic heterocycles. The third kappa shape index (κ3) is 9.11. The molecule has 0 aromatic rings. The van der Waals surface area contributed by atoms with Gasteiger partial charge >= 0.3 is 0 Å². The summed E-state index contributed by atoms with van der Waals surface area (Å²) in [6, 6.07) is 0. The Morgan fingerprint density at radius 2 is 2.17 bits per heavy atom. The van der Waals surface area contributed by atoms with Gasteiger partial charge in [-0.3, -0.25) is 0 Å². The van der Waals surface area contributed by atoms with Crippen molar-refractivity contribution in [2.24, 2.45) is 0 Å². The molecule has 3 heteroatoms. The molecule has 0 saturated carbocycles. The molecule has 0 aliphatic rings. The summed E-state index contributed by atoms with van der Waals surface area (Å²) in [6.07, 6.45) is 0. The van der Waals surface area contributed by atoms with Crippen LogP contribution >= 0.6 is 0 Å². The molecule has 0 heterocycles. The van der Waals surface area contributed by atoms with E-state index in [1.165, 1.54) is 0 Å². The molecule has 0 bridgehead atoms. The normalized spacial score (nSPS) is 7.00. The maximum Gasteiger partial charge on any atom is 0.0555 e. The van der Waals surface area contributed by atoms with Crippen LogP contribution in [0.2, 0.25) is 0 Å². The van der Waals surface area contributed by atoms with E-state index in [1.807, 2.05) is 0 Å². The highest BCUT2D eigenvalue weighted by atomic mass is 16.3. The SMILES string of the molecule is CNCCO.N. The second-order valence-electron chi connectivity index (χ2n) is 0.827. The molecular formula is C3H12N2O. The molecule has 40 valence electrons. The highest BCUT2D eigenvalue weighted by molar-refractivity contribution is 4.27. The third-order valence-corrected chi connectivity index (χ3v) is 0.362.